The molecule has 0 aliphatic rings. The van der Waals surface area contributed by atoms with Crippen molar-refractivity contribution in [3.05, 3.63) is 12.2 Å². The maximum absolute atomic E-state index is 10.4. The van der Waals surface area contributed by atoms with Gasteiger partial charge in [0.2, 0.25) is 0 Å². The van der Waals surface area contributed by atoms with Gasteiger partial charge in [0.25, 0.3) is 0 Å². The number of nitrogens with two attached hydrogens (primary N) is 1. The van der Waals surface area contributed by atoms with Gasteiger partial charge in [0, 0.05) is 13.0 Å². The van der Waals surface area contributed by atoms with Crippen LogP contribution in [0.3, 0.4) is 0 Å². The van der Waals surface area contributed by atoms with E-state index in [0.717, 1.165) is 0 Å². The smallest absolute Gasteiger partial charge is 0.320 e. The largest absolute Gasteiger partial charge is 0.480 e. The first kappa shape index (κ1) is 9.66. The third kappa shape index (κ3) is 2.25. The molecule has 72 valence electrons. The minimum Gasteiger partial charge on any atom is -0.480 e. The van der Waals surface area contributed by atoms with Crippen LogP contribution in [0.2, 0.25) is 0 Å². The molecule has 0 unspecified atom stereocenters. The summed E-state index contributed by atoms with van der Waals surface area (Å²) in [4.78, 5) is 14.4. The highest BCUT2D eigenvalue weighted by atomic mass is 16.4. The highest BCUT2D eigenvalue weighted by Gasteiger charge is 2.15. The normalized spacial score (nSPS) is 12.8. The predicted octanol–water partition coefficient (Wildman–Crippen LogP) is -0.748. The van der Waals surface area contributed by atoms with Crippen molar-refractivity contribution in [2.75, 3.05) is 0 Å². The van der Waals surface area contributed by atoms with Crippen LogP contribution in [0.4, 0.5) is 0 Å². The van der Waals surface area contributed by atoms with E-state index in [1.54, 1.807) is 4.68 Å². The minimum absolute atomic E-state index is 0.211. The summed E-state index contributed by atoms with van der Waals surface area (Å²) in [5.41, 5.74) is 5.35. The zero-order valence-corrected chi connectivity index (χ0v) is 7.34. The molecule has 1 aromatic rings. The van der Waals surface area contributed by atoms with Crippen LogP contribution in [0.15, 0.2) is 6.33 Å². The van der Waals surface area contributed by atoms with Crippen LogP contribution in [0.5, 0.6) is 0 Å². The Morgan fingerprint density at radius 1 is 1.85 bits per heavy atom. The van der Waals surface area contributed by atoms with Crippen molar-refractivity contribution >= 4 is 5.97 Å². The molecule has 0 radical (unpaired) electrons. The molecular formula is C7H12N4O2. The second-order valence-corrected chi connectivity index (χ2v) is 2.64. The van der Waals surface area contributed by atoms with Crippen LogP contribution >= 0.6 is 0 Å². The lowest BCUT2D eigenvalue weighted by molar-refractivity contribution is -0.138. The fourth-order valence-electron chi connectivity index (χ4n) is 0.994. The quantitative estimate of drug-likeness (QED) is 0.642. The summed E-state index contributed by atoms with van der Waals surface area (Å²) < 4.78 is 1.63. The van der Waals surface area contributed by atoms with Gasteiger partial charge >= 0.3 is 5.97 Å². The number of hydrogen-bond acceptors (Lipinski definition) is 4. The summed E-state index contributed by atoms with van der Waals surface area (Å²) in [5, 5.41) is 12.5. The van der Waals surface area contributed by atoms with Gasteiger partial charge in [0.15, 0.2) is 0 Å². The van der Waals surface area contributed by atoms with Crippen molar-refractivity contribution in [3.8, 4) is 0 Å². The molecule has 1 rings (SSSR count). The maximum Gasteiger partial charge on any atom is 0.320 e. The molecular weight excluding hydrogens is 172 g/mol. The summed E-state index contributed by atoms with van der Waals surface area (Å²) in [6.07, 6.45) is 1.61. The second kappa shape index (κ2) is 3.99. The van der Waals surface area contributed by atoms with Gasteiger partial charge in [-0.05, 0) is 6.92 Å². The number of hydrogen-bond donors (Lipinski definition) is 2. The molecule has 0 amide bonds. The highest BCUT2D eigenvalue weighted by molar-refractivity contribution is 5.73. The molecule has 6 nitrogen and oxygen atoms in total. The van der Waals surface area contributed by atoms with E-state index >= 15 is 0 Å². The molecule has 3 N–H and O–H groups in total. The van der Waals surface area contributed by atoms with Crippen LogP contribution in [-0.2, 0) is 17.8 Å². The van der Waals surface area contributed by atoms with Gasteiger partial charge in [-0.1, -0.05) is 0 Å². The SMILES string of the molecule is CCn1ncnc1C[C@@H](N)C(=O)O. The number of aryl methyl sites for hydroxylation is 1. The molecule has 0 saturated carbocycles. The first-order valence-corrected chi connectivity index (χ1v) is 4.00. The van der Waals surface area contributed by atoms with E-state index in [9.17, 15) is 4.79 Å². The van der Waals surface area contributed by atoms with Gasteiger partial charge in [-0.15, -0.1) is 0 Å². The minimum atomic E-state index is -1.02. The summed E-state index contributed by atoms with van der Waals surface area (Å²) in [7, 11) is 0. The number of carbonyl (C=O) groups is 1. The van der Waals surface area contributed by atoms with E-state index in [0.29, 0.717) is 12.4 Å². The van der Waals surface area contributed by atoms with E-state index in [4.69, 9.17) is 10.8 Å². The standard InChI is InChI=1S/C7H12N4O2/c1-2-11-6(9-4-10-11)3-5(8)7(12)13/h4-5H,2-3,8H2,1H3,(H,12,13)/t5-/m1/s1. The Kier molecular flexibility index (Phi) is 2.97. The van der Waals surface area contributed by atoms with E-state index in [1.807, 2.05) is 6.92 Å². The van der Waals surface area contributed by atoms with Gasteiger partial charge < -0.3 is 10.8 Å². The van der Waals surface area contributed by atoms with E-state index < -0.39 is 12.0 Å². The highest BCUT2D eigenvalue weighted by Crippen LogP contribution is 1.97. The summed E-state index contributed by atoms with van der Waals surface area (Å²) >= 11 is 0. The summed E-state index contributed by atoms with van der Waals surface area (Å²) in [6, 6.07) is -0.908. The molecule has 0 spiro atoms. The van der Waals surface area contributed by atoms with Crippen molar-refractivity contribution in [1.82, 2.24) is 14.8 Å². The van der Waals surface area contributed by atoms with Crippen molar-refractivity contribution < 1.29 is 9.90 Å². The molecule has 1 atom stereocenters. The lowest BCUT2D eigenvalue weighted by Crippen LogP contribution is -2.33. The third-order valence-corrected chi connectivity index (χ3v) is 1.71. The molecule has 6 heteroatoms. The summed E-state index contributed by atoms with van der Waals surface area (Å²) in [6.45, 7) is 2.58. The molecule has 0 aromatic carbocycles. The average molecular weight is 184 g/mol. The van der Waals surface area contributed by atoms with Gasteiger partial charge in [-0.3, -0.25) is 9.48 Å². The van der Waals surface area contributed by atoms with Crippen molar-refractivity contribution in [1.29, 1.82) is 0 Å². The Bertz CT molecular complexity index is 296. The number of aliphatic carboxylic acids is 1. The first-order chi connectivity index (χ1) is 6.15. The fraction of sp³-hybridized carbons (Fsp3) is 0.571. The predicted molar refractivity (Wildman–Crippen MR) is 45.0 cm³/mol. The van der Waals surface area contributed by atoms with Gasteiger partial charge in [-0.2, -0.15) is 5.10 Å². The van der Waals surface area contributed by atoms with Gasteiger partial charge in [0.1, 0.15) is 18.2 Å². The lowest BCUT2D eigenvalue weighted by atomic mass is 10.2. The number of carboxylic acid groups (broad SMARTS) is 1. The van der Waals surface area contributed by atoms with E-state index in [1.165, 1.54) is 6.33 Å². The van der Waals surface area contributed by atoms with Gasteiger partial charge in [-0.25, -0.2) is 4.98 Å². The molecule has 0 saturated heterocycles. The Balaban J connectivity index is 2.68. The van der Waals surface area contributed by atoms with Crippen LogP contribution in [-0.4, -0.2) is 31.9 Å². The van der Waals surface area contributed by atoms with Crippen LogP contribution in [0.25, 0.3) is 0 Å². The molecule has 0 fully saturated rings. The van der Waals surface area contributed by atoms with Crippen LogP contribution < -0.4 is 5.73 Å². The van der Waals surface area contributed by atoms with Crippen molar-refractivity contribution in [2.24, 2.45) is 5.73 Å². The van der Waals surface area contributed by atoms with Crippen LogP contribution in [0, 0.1) is 0 Å². The maximum atomic E-state index is 10.4. The Morgan fingerprint density at radius 3 is 3.08 bits per heavy atom. The Morgan fingerprint density at radius 2 is 2.54 bits per heavy atom. The summed E-state index contributed by atoms with van der Waals surface area (Å²) in [5.74, 6) is -0.414. The zero-order valence-electron chi connectivity index (χ0n) is 7.34. The van der Waals surface area contributed by atoms with Crippen molar-refractivity contribution in [3.63, 3.8) is 0 Å². The Hall–Kier alpha value is -1.43. The number of aromatic nitrogens is 3. The number of carboxylic acids is 1. The van der Waals surface area contributed by atoms with Gasteiger partial charge in [0.05, 0.1) is 0 Å². The molecule has 13 heavy (non-hydrogen) atoms. The second-order valence-electron chi connectivity index (χ2n) is 2.64. The average Bonchev–Trinajstić information content (AvgIpc) is 2.51. The molecule has 0 aliphatic heterocycles. The molecule has 1 heterocycles. The zero-order chi connectivity index (χ0) is 9.84. The number of rotatable bonds is 4. The molecule has 0 bridgehead atoms. The number of nitrogens with zero attached hydrogens (tertiary/aromatic N) is 3. The third-order valence-electron chi connectivity index (χ3n) is 1.71. The monoisotopic (exact) mass is 184 g/mol. The topological polar surface area (TPSA) is 94.0 Å². The molecule has 0 aliphatic carbocycles. The van der Waals surface area contributed by atoms with E-state index in [2.05, 4.69) is 10.1 Å². The van der Waals surface area contributed by atoms with Crippen molar-refractivity contribution in [2.45, 2.75) is 25.9 Å². The lowest BCUT2D eigenvalue weighted by Gasteiger charge is -2.05. The Labute approximate surface area is 75.4 Å². The van der Waals surface area contributed by atoms with Crippen LogP contribution in [0.1, 0.15) is 12.7 Å². The van der Waals surface area contributed by atoms with E-state index in [-0.39, 0.29) is 6.42 Å². The molecule has 1 aromatic heterocycles. The fourth-order valence-corrected chi connectivity index (χ4v) is 0.994. The first-order valence-electron chi connectivity index (χ1n) is 4.00.